The molecule has 3 rings (SSSR count). The first-order chi connectivity index (χ1) is 10.5. The van der Waals surface area contributed by atoms with Crippen LogP contribution in [0.5, 0.6) is 0 Å². The molecule has 8 nitrogen and oxygen atoms in total. The maximum Gasteiger partial charge on any atom is 0.264 e. The van der Waals surface area contributed by atoms with Crippen molar-refractivity contribution in [3.8, 4) is 0 Å². The third-order valence-electron chi connectivity index (χ3n) is 2.98. The molecule has 1 aromatic heterocycles. The first-order valence-corrected chi connectivity index (χ1v) is 7.60. The highest BCUT2D eigenvalue weighted by atomic mass is 32.2. The zero-order chi connectivity index (χ0) is 15.7. The third kappa shape index (κ3) is 2.37. The minimum Gasteiger partial charge on any atom is -0.366 e. The number of rotatable bonds is 4. The molecular weight excluding hydrogens is 308 g/mol. The first kappa shape index (κ1) is 14.0. The van der Waals surface area contributed by atoms with Crippen molar-refractivity contribution in [3.63, 3.8) is 0 Å². The van der Waals surface area contributed by atoms with Crippen LogP contribution < -0.4 is 10.5 Å². The van der Waals surface area contributed by atoms with Gasteiger partial charge in [0.1, 0.15) is 10.4 Å². The summed E-state index contributed by atoms with van der Waals surface area (Å²) >= 11 is 0. The number of fused-ring (bicyclic) bond motifs is 1. The first-order valence-electron chi connectivity index (χ1n) is 6.12. The minimum absolute atomic E-state index is 0.0662. The Labute approximate surface area is 124 Å². The number of nitrogens with two attached hydrogens (primary N) is 1. The molecule has 0 aliphatic heterocycles. The van der Waals surface area contributed by atoms with Crippen LogP contribution in [0.1, 0.15) is 10.4 Å². The molecule has 22 heavy (non-hydrogen) atoms. The van der Waals surface area contributed by atoms with E-state index in [1.165, 1.54) is 24.3 Å². The Kier molecular flexibility index (Phi) is 3.26. The topological polar surface area (TPSA) is 128 Å². The zero-order valence-corrected chi connectivity index (χ0v) is 11.9. The van der Waals surface area contributed by atoms with Crippen molar-refractivity contribution >= 4 is 32.7 Å². The molecule has 9 heteroatoms. The lowest BCUT2D eigenvalue weighted by molar-refractivity contribution is 0.100. The summed E-state index contributed by atoms with van der Waals surface area (Å²) in [4.78, 5) is 11.3. The lowest BCUT2D eigenvalue weighted by Crippen LogP contribution is -2.18. The van der Waals surface area contributed by atoms with E-state index in [1.807, 2.05) is 0 Å². The maximum atomic E-state index is 12.5. The number of sulfonamides is 1. The van der Waals surface area contributed by atoms with Crippen molar-refractivity contribution in [1.29, 1.82) is 0 Å². The predicted molar refractivity (Wildman–Crippen MR) is 77.6 cm³/mol. The summed E-state index contributed by atoms with van der Waals surface area (Å²) in [6.45, 7) is 0. The highest BCUT2D eigenvalue weighted by Gasteiger charge is 2.22. The van der Waals surface area contributed by atoms with Gasteiger partial charge in [-0.2, -0.15) is 0 Å². The minimum atomic E-state index is -3.99. The van der Waals surface area contributed by atoms with Gasteiger partial charge in [0.15, 0.2) is 5.52 Å². The van der Waals surface area contributed by atoms with Gasteiger partial charge in [0, 0.05) is 0 Å². The average molecular weight is 318 g/mol. The number of nitrogens with zero attached hydrogens (tertiary/aromatic N) is 2. The molecule has 0 radical (unpaired) electrons. The lowest BCUT2D eigenvalue weighted by Gasteiger charge is -2.10. The Bertz CT molecular complexity index is 965. The van der Waals surface area contributed by atoms with Crippen molar-refractivity contribution in [3.05, 3.63) is 48.0 Å². The predicted octanol–water partition coefficient (Wildman–Crippen LogP) is 1.12. The molecule has 0 spiro atoms. The van der Waals surface area contributed by atoms with E-state index in [9.17, 15) is 13.2 Å². The molecular formula is C13H10N4O4S. The molecule has 0 saturated carbocycles. The Morgan fingerprint density at radius 1 is 1.09 bits per heavy atom. The van der Waals surface area contributed by atoms with Crippen LogP contribution in [-0.4, -0.2) is 24.6 Å². The number of para-hydroxylation sites is 1. The monoisotopic (exact) mass is 318 g/mol. The smallest absolute Gasteiger partial charge is 0.264 e. The molecule has 0 aliphatic rings. The number of hydrogen-bond donors (Lipinski definition) is 2. The van der Waals surface area contributed by atoms with Gasteiger partial charge in [-0.15, -0.1) is 0 Å². The summed E-state index contributed by atoms with van der Waals surface area (Å²) in [6.07, 6.45) is 0. The van der Waals surface area contributed by atoms with Crippen LogP contribution in [0.25, 0.3) is 11.0 Å². The standard InChI is InChI=1S/C13H10N4O4S/c14-13(18)8-4-1-2-5-9(8)17-22(19,20)11-7-3-6-10-12(11)16-21-15-10/h1-7,17H,(H2,14,18). The van der Waals surface area contributed by atoms with Crippen molar-refractivity contribution in [1.82, 2.24) is 10.3 Å². The van der Waals surface area contributed by atoms with E-state index in [0.717, 1.165) is 0 Å². The highest BCUT2D eigenvalue weighted by molar-refractivity contribution is 7.93. The van der Waals surface area contributed by atoms with Gasteiger partial charge in [-0.25, -0.2) is 13.0 Å². The molecule has 0 unspecified atom stereocenters. The summed E-state index contributed by atoms with van der Waals surface area (Å²) in [5.74, 6) is -0.736. The molecule has 0 bridgehead atoms. The maximum absolute atomic E-state index is 12.5. The Morgan fingerprint density at radius 2 is 1.86 bits per heavy atom. The Morgan fingerprint density at radius 3 is 2.64 bits per heavy atom. The summed E-state index contributed by atoms with van der Waals surface area (Å²) in [6, 6.07) is 10.5. The molecule has 1 amide bonds. The average Bonchev–Trinajstić information content (AvgIpc) is 2.95. The number of benzene rings is 2. The number of carbonyl (C=O) groups excluding carboxylic acids is 1. The number of amides is 1. The van der Waals surface area contributed by atoms with E-state index in [0.29, 0.717) is 5.52 Å². The third-order valence-corrected chi connectivity index (χ3v) is 4.37. The number of aromatic nitrogens is 2. The normalized spacial score (nSPS) is 11.5. The second-order valence-electron chi connectivity index (χ2n) is 4.40. The molecule has 3 N–H and O–H groups in total. The summed E-state index contributed by atoms with van der Waals surface area (Å²) in [7, 11) is -3.99. The highest BCUT2D eigenvalue weighted by Crippen LogP contribution is 2.24. The molecule has 1 heterocycles. The number of carbonyl (C=O) groups is 1. The zero-order valence-electron chi connectivity index (χ0n) is 11.1. The molecule has 112 valence electrons. The largest absolute Gasteiger partial charge is 0.366 e. The van der Waals surface area contributed by atoms with E-state index in [1.54, 1.807) is 18.2 Å². The van der Waals surface area contributed by atoms with Crippen LogP contribution in [-0.2, 0) is 10.0 Å². The second kappa shape index (κ2) is 5.11. The number of primary amides is 1. The van der Waals surface area contributed by atoms with Crippen LogP contribution in [0.4, 0.5) is 5.69 Å². The summed E-state index contributed by atoms with van der Waals surface area (Å²) in [5, 5.41) is 7.18. The van der Waals surface area contributed by atoms with Crippen molar-refractivity contribution < 1.29 is 17.8 Å². The fraction of sp³-hybridized carbons (Fsp3) is 0. The SMILES string of the molecule is NC(=O)c1ccccc1NS(=O)(=O)c1cccc2nonc12. The van der Waals surface area contributed by atoms with Crippen LogP contribution in [0.15, 0.2) is 52.0 Å². The Balaban J connectivity index is 2.09. The number of anilines is 1. The van der Waals surface area contributed by atoms with Crippen molar-refractivity contribution in [2.45, 2.75) is 4.90 Å². The molecule has 0 aliphatic carbocycles. The van der Waals surface area contributed by atoms with Crippen LogP contribution in [0.3, 0.4) is 0 Å². The molecule has 0 saturated heterocycles. The molecule has 2 aromatic carbocycles. The van der Waals surface area contributed by atoms with Gasteiger partial charge in [0.25, 0.3) is 15.9 Å². The van der Waals surface area contributed by atoms with E-state index < -0.39 is 15.9 Å². The number of nitrogens with one attached hydrogen (secondary N) is 1. The van der Waals surface area contributed by atoms with Gasteiger partial charge in [0.05, 0.1) is 11.3 Å². The quantitative estimate of drug-likeness (QED) is 0.742. The second-order valence-corrected chi connectivity index (χ2v) is 6.05. The molecule has 0 atom stereocenters. The van der Waals surface area contributed by atoms with E-state index in [-0.39, 0.29) is 21.7 Å². The fourth-order valence-corrected chi connectivity index (χ4v) is 3.22. The van der Waals surface area contributed by atoms with Gasteiger partial charge >= 0.3 is 0 Å². The molecule has 0 fully saturated rings. The van der Waals surface area contributed by atoms with Gasteiger partial charge in [0.2, 0.25) is 0 Å². The van der Waals surface area contributed by atoms with Crippen LogP contribution >= 0.6 is 0 Å². The summed E-state index contributed by atoms with van der Waals surface area (Å²) < 4.78 is 31.9. The lowest BCUT2D eigenvalue weighted by atomic mass is 10.2. The summed E-state index contributed by atoms with van der Waals surface area (Å²) in [5.41, 5.74) is 5.80. The van der Waals surface area contributed by atoms with E-state index in [2.05, 4.69) is 19.7 Å². The van der Waals surface area contributed by atoms with Crippen LogP contribution in [0.2, 0.25) is 0 Å². The molecule has 3 aromatic rings. The van der Waals surface area contributed by atoms with Gasteiger partial charge in [-0.1, -0.05) is 18.2 Å². The van der Waals surface area contributed by atoms with E-state index >= 15 is 0 Å². The van der Waals surface area contributed by atoms with Crippen LogP contribution in [0, 0.1) is 0 Å². The fourth-order valence-electron chi connectivity index (χ4n) is 1.98. The number of hydrogen-bond acceptors (Lipinski definition) is 6. The van der Waals surface area contributed by atoms with Crippen molar-refractivity contribution in [2.75, 3.05) is 4.72 Å². The Hall–Kier alpha value is -2.94. The van der Waals surface area contributed by atoms with Gasteiger partial charge < -0.3 is 5.73 Å². The van der Waals surface area contributed by atoms with Crippen molar-refractivity contribution in [2.24, 2.45) is 5.73 Å². The van der Waals surface area contributed by atoms with Gasteiger partial charge in [-0.3, -0.25) is 9.52 Å². The van der Waals surface area contributed by atoms with E-state index in [4.69, 9.17) is 5.73 Å². The van der Waals surface area contributed by atoms with Gasteiger partial charge in [-0.05, 0) is 34.6 Å².